The van der Waals surface area contributed by atoms with Crippen molar-refractivity contribution in [3.05, 3.63) is 63.4 Å². The van der Waals surface area contributed by atoms with Crippen molar-refractivity contribution in [1.29, 1.82) is 0 Å². The normalized spacial score (nSPS) is 13.6. The Kier molecular flexibility index (Phi) is 10.6. The summed E-state index contributed by atoms with van der Waals surface area (Å²) in [6, 6.07) is 4.10. The molecule has 0 spiro atoms. The van der Waals surface area contributed by atoms with Gasteiger partial charge in [-0.1, -0.05) is 24.6 Å². The summed E-state index contributed by atoms with van der Waals surface area (Å²) in [4.78, 5) is 28.9. The Bertz CT molecular complexity index is 1180. The molecule has 7 nitrogen and oxygen atoms in total. The zero-order valence-corrected chi connectivity index (χ0v) is 22.9. The number of benzene rings is 1. The van der Waals surface area contributed by atoms with Gasteiger partial charge in [-0.2, -0.15) is 13.2 Å². The molecule has 204 valence electrons. The molecular weight excluding hydrogens is 507 g/mol. The second-order valence-electron chi connectivity index (χ2n) is 9.11. The number of rotatable bonds is 11. The summed E-state index contributed by atoms with van der Waals surface area (Å²) in [7, 11) is 3.60. The Morgan fingerprint density at radius 2 is 1.78 bits per heavy atom. The third-order valence-electron chi connectivity index (χ3n) is 5.97. The van der Waals surface area contributed by atoms with Crippen LogP contribution in [-0.2, 0) is 11.0 Å². The minimum atomic E-state index is -4.48. The second-order valence-corrected chi connectivity index (χ2v) is 9.71. The molecule has 37 heavy (non-hydrogen) atoms. The number of aromatic nitrogens is 3. The molecular formula is C26H35ClF3N5O2. The highest BCUT2D eigenvalue weighted by molar-refractivity contribution is 6.29. The standard InChI is InChI=1S/C26H35ClF3N5O2/c1-7-23(36)33(6)16-14-20(4)35-25(37)34(22-12-10-21(11-13-22)26(28,29)30)24(31-35)18(2)9-8-15-32(5)17-19(3)27/h9-13,17,20H,7-8,14-16H2,1-6H3/b18-9+,19-17+. The molecule has 1 amide bonds. The summed E-state index contributed by atoms with van der Waals surface area (Å²) >= 11 is 5.92. The number of amides is 1. The third-order valence-corrected chi connectivity index (χ3v) is 6.06. The zero-order valence-electron chi connectivity index (χ0n) is 22.1. The molecule has 0 saturated carbocycles. The number of alkyl halides is 3. The van der Waals surface area contributed by atoms with Crippen LogP contribution in [0.2, 0.25) is 0 Å². The van der Waals surface area contributed by atoms with Crippen molar-refractivity contribution in [2.45, 2.75) is 59.2 Å². The second kappa shape index (κ2) is 13.0. The average Bonchev–Trinajstić information content (AvgIpc) is 3.17. The lowest BCUT2D eigenvalue weighted by Gasteiger charge is -2.18. The fourth-order valence-electron chi connectivity index (χ4n) is 3.80. The van der Waals surface area contributed by atoms with Crippen molar-refractivity contribution in [3.63, 3.8) is 0 Å². The van der Waals surface area contributed by atoms with Crippen LogP contribution in [-0.4, -0.2) is 57.2 Å². The van der Waals surface area contributed by atoms with Gasteiger partial charge in [0.05, 0.1) is 17.3 Å². The van der Waals surface area contributed by atoms with E-state index in [9.17, 15) is 22.8 Å². The van der Waals surface area contributed by atoms with Crippen LogP contribution in [0.4, 0.5) is 13.2 Å². The van der Waals surface area contributed by atoms with Crippen molar-refractivity contribution >= 4 is 23.1 Å². The van der Waals surface area contributed by atoms with Crippen LogP contribution in [0.5, 0.6) is 0 Å². The average molecular weight is 542 g/mol. The summed E-state index contributed by atoms with van der Waals surface area (Å²) in [6.45, 7) is 8.32. The van der Waals surface area contributed by atoms with E-state index in [2.05, 4.69) is 5.10 Å². The fraction of sp³-hybridized carbons (Fsp3) is 0.500. The van der Waals surface area contributed by atoms with Crippen LogP contribution < -0.4 is 5.69 Å². The maximum atomic E-state index is 13.5. The predicted octanol–water partition coefficient (Wildman–Crippen LogP) is 5.70. The fourth-order valence-corrected chi connectivity index (χ4v) is 3.97. The van der Waals surface area contributed by atoms with E-state index in [0.29, 0.717) is 48.8 Å². The number of hydrogen-bond acceptors (Lipinski definition) is 4. The molecule has 0 aliphatic carbocycles. The number of nitrogens with zero attached hydrogens (tertiary/aromatic N) is 5. The van der Waals surface area contributed by atoms with E-state index in [-0.39, 0.29) is 17.6 Å². The molecule has 0 fully saturated rings. The van der Waals surface area contributed by atoms with Gasteiger partial charge >= 0.3 is 11.9 Å². The van der Waals surface area contributed by atoms with Crippen LogP contribution in [0.15, 0.2) is 46.4 Å². The van der Waals surface area contributed by atoms with Gasteiger partial charge in [-0.15, -0.1) is 5.10 Å². The monoisotopic (exact) mass is 541 g/mol. The van der Waals surface area contributed by atoms with Gasteiger partial charge in [-0.25, -0.2) is 14.0 Å². The minimum Gasteiger partial charge on any atom is -0.379 e. The van der Waals surface area contributed by atoms with Crippen LogP contribution in [0.3, 0.4) is 0 Å². The summed E-state index contributed by atoms with van der Waals surface area (Å²) in [5, 5.41) is 5.22. The molecule has 0 radical (unpaired) electrons. The maximum absolute atomic E-state index is 13.5. The topological polar surface area (TPSA) is 63.4 Å². The lowest BCUT2D eigenvalue weighted by Crippen LogP contribution is -2.31. The van der Waals surface area contributed by atoms with Crippen LogP contribution in [0.1, 0.15) is 64.4 Å². The molecule has 0 saturated heterocycles. The minimum absolute atomic E-state index is 0.00142. The number of carbonyl (C=O) groups is 1. The Balaban J connectivity index is 2.45. The molecule has 1 atom stereocenters. The van der Waals surface area contributed by atoms with Crippen LogP contribution in [0.25, 0.3) is 11.3 Å². The van der Waals surface area contributed by atoms with E-state index in [1.165, 1.54) is 21.4 Å². The van der Waals surface area contributed by atoms with E-state index < -0.39 is 17.4 Å². The molecule has 0 bridgehead atoms. The highest BCUT2D eigenvalue weighted by atomic mass is 35.5. The van der Waals surface area contributed by atoms with Gasteiger partial charge in [-0.05, 0) is 63.5 Å². The highest BCUT2D eigenvalue weighted by Gasteiger charge is 2.30. The quantitative estimate of drug-likeness (QED) is 0.366. The number of hydrogen-bond donors (Lipinski definition) is 0. The van der Waals surface area contributed by atoms with E-state index in [0.717, 1.165) is 12.1 Å². The molecule has 2 aromatic rings. The van der Waals surface area contributed by atoms with Crippen molar-refractivity contribution in [2.24, 2.45) is 0 Å². The molecule has 11 heteroatoms. The van der Waals surface area contributed by atoms with Gasteiger partial charge in [0, 0.05) is 44.8 Å². The van der Waals surface area contributed by atoms with Gasteiger partial charge in [0.25, 0.3) is 0 Å². The largest absolute Gasteiger partial charge is 0.416 e. The van der Waals surface area contributed by atoms with E-state index >= 15 is 0 Å². The van der Waals surface area contributed by atoms with Gasteiger partial charge in [0.1, 0.15) is 0 Å². The zero-order chi connectivity index (χ0) is 27.9. The Morgan fingerprint density at radius 1 is 1.16 bits per heavy atom. The number of carbonyl (C=O) groups excluding carboxylic acids is 1. The van der Waals surface area contributed by atoms with Gasteiger partial charge < -0.3 is 9.80 Å². The number of halogens is 4. The molecule has 0 N–H and O–H groups in total. The lowest BCUT2D eigenvalue weighted by molar-refractivity contribution is -0.137. The highest BCUT2D eigenvalue weighted by Crippen LogP contribution is 2.30. The van der Waals surface area contributed by atoms with Crippen molar-refractivity contribution < 1.29 is 18.0 Å². The van der Waals surface area contributed by atoms with Crippen molar-refractivity contribution in [1.82, 2.24) is 24.1 Å². The van der Waals surface area contributed by atoms with Crippen LogP contribution >= 0.6 is 11.6 Å². The first-order valence-corrected chi connectivity index (χ1v) is 12.5. The first kappa shape index (κ1) is 30.2. The summed E-state index contributed by atoms with van der Waals surface area (Å²) in [5.74, 6) is 0.347. The first-order chi connectivity index (χ1) is 17.3. The molecule has 1 aromatic carbocycles. The third kappa shape index (κ3) is 8.24. The SMILES string of the molecule is CCC(=O)N(C)CCC(C)n1nc(/C(C)=C/CCN(C)/C=C(\C)Cl)n(-c2ccc(C(F)(F)F)cc2)c1=O. The Hall–Kier alpha value is -3.01. The van der Waals surface area contributed by atoms with Crippen molar-refractivity contribution in [2.75, 3.05) is 27.2 Å². The molecule has 0 aliphatic rings. The van der Waals surface area contributed by atoms with E-state index in [1.807, 2.05) is 31.9 Å². The summed E-state index contributed by atoms with van der Waals surface area (Å²) in [6.07, 6.45) is 0.764. The Labute approximate surface area is 220 Å². The van der Waals surface area contributed by atoms with Gasteiger partial charge in [0.2, 0.25) is 5.91 Å². The first-order valence-electron chi connectivity index (χ1n) is 12.1. The molecule has 1 aromatic heterocycles. The van der Waals surface area contributed by atoms with E-state index in [1.54, 1.807) is 32.0 Å². The molecule has 1 unspecified atom stereocenters. The molecule has 2 rings (SSSR count). The van der Waals surface area contributed by atoms with Gasteiger partial charge in [0.15, 0.2) is 5.82 Å². The maximum Gasteiger partial charge on any atom is 0.416 e. The van der Waals surface area contributed by atoms with Gasteiger partial charge in [-0.3, -0.25) is 4.79 Å². The number of allylic oxidation sites excluding steroid dienone is 2. The summed E-state index contributed by atoms with van der Waals surface area (Å²) in [5.41, 5.74) is -0.262. The van der Waals surface area contributed by atoms with Crippen LogP contribution in [0, 0.1) is 0 Å². The van der Waals surface area contributed by atoms with E-state index in [4.69, 9.17) is 11.6 Å². The molecule has 1 heterocycles. The molecule has 0 aliphatic heterocycles. The smallest absolute Gasteiger partial charge is 0.379 e. The van der Waals surface area contributed by atoms with Crippen molar-refractivity contribution in [3.8, 4) is 5.69 Å². The summed E-state index contributed by atoms with van der Waals surface area (Å²) < 4.78 is 42.0. The lowest BCUT2D eigenvalue weighted by atomic mass is 10.2. The predicted molar refractivity (Wildman–Crippen MR) is 141 cm³/mol. The Morgan fingerprint density at radius 3 is 2.32 bits per heavy atom.